The first kappa shape index (κ1) is 26.4. The molecule has 0 bridgehead atoms. The minimum Gasteiger partial charge on any atom is -0.457 e. The van der Waals surface area contributed by atoms with Gasteiger partial charge in [0.15, 0.2) is 0 Å². The lowest BCUT2D eigenvalue weighted by Crippen LogP contribution is -2.44. The first-order chi connectivity index (χ1) is 16.6. The number of alkyl halides is 3. The smallest absolute Gasteiger partial charge is 0.457 e. The maximum absolute atomic E-state index is 12.9. The predicted molar refractivity (Wildman–Crippen MR) is 114 cm³/mol. The highest BCUT2D eigenvalue weighted by Gasteiger charge is 2.56. The Bertz CT molecular complexity index is 1140. The van der Waals surface area contributed by atoms with Gasteiger partial charge in [-0.2, -0.15) is 21.6 Å². The molecule has 0 saturated carbocycles. The van der Waals surface area contributed by atoms with Gasteiger partial charge in [-0.05, 0) is 16.7 Å². The molecule has 0 unspecified atom stereocenters. The van der Waals surface area contributed by atoms with Crippen LogP contribution in [0.3, 0.4) is 0 Å². The third kappa shape index (κ3) is 6.93. The van der Waals surface area contributed by atoms with E-state index in [9.17, 15) is 26.4 Å². The lowest BCUT2D eigenvalue weighted by molar-refractivity contribution is -0.147. The van der Waals surface area contributed by atoms with Gasteiger partial charge in [-0.1, -0.05) is 65.8 Å². The van der Waals surface area contributed by atoms with Gasteiger partial charge in [0.25, 0.3) is 0 Å². The molecule has 1 saturated heterocycles. The third-order valence-electron chi connectivity index (χ3n) is 4.89. The highest BCUT2D eigenvalue weighted by Crippen LogP contribution is 2.33. The fraction of sp³-hybridized carbons (Fsp3) is 0.381. The van der Waals surface area contributed by atoms with Crippen LogP contribution in [0.15, 0.2) is 65.8 Å². The first-order valence-corrected chi connectivity index (χ1v) is 11.5. The van der Waals surface area contributed by atoms with Crippen molar-refractivity contribution in [2.24, 2.45) is 5.11 Å². The number of rotatable bonds is 11. The van der Waals surface area contributed by atoms with Crippen molar-refractivity contribution in [3.05, 3.63) is 82.2 Å². The van der Waals surface area contributed by atoms with Gasteiger partial charge in [0.1, 0.15) is 18.2 Å². The molecule has 1 fully saturated rings. The van der Waals surface area contributed by atoms with Crippen LogP contribution in [-0.2, 0) is 46.5 Å². The van der Waals surface area contributed by atoms with E-state index in [2.05, 4.69) is 14.2 Å². The first-order valence-electron chi connectivity index (χ1n) is 10.1. The summed E-state index contributed by atoms with van der Waals surface area (Å²) in [6.45, 7) is -0.434. The van der Waals surface area contributed by atoms with Crippen LogP contribution in [0.2, 0.25) is 0 Å². The molecular weight excluding hydrogens is 495 g/mol. The number of nitrogens with zero attached hydrogens (tertiary/aromatic N) is 3. The molecule has 3 rings (SSSR count). The minimum atomic E-state index is -6.16. The van der Waals surface area contributed by atoms with Gasteiger partial charge in [-0.15, -0.1) is 0 Å². The molecule has 1 aliphatic heterocycles. The van der Waals surface area contributed by atoms with Crippen molar-refractivity contribution in [1.82, 2.24) is 0 Å². The van der Waals surface area contributed by atoms with E-state index in [1.807, 2.05) is 0 Å². The fourth-order valence-corrected chi connectivity index (χ4v) is 3.81. The SMILES string of the molecule is [N-]=[N+]=N[C@H](COCc1ccccc1)[C@H]1OC(=O)[C@H](OS(=O)(=O)C(F)(F)F)[C@H]1OCc1ccccc1. The van der Waals surface area contributed by atoms with Crippen LogP contribution in [0.25, 0.3) is 10.4 Å². The highest BCUT2D eigenvalue weighted by atomic mass is 32.2. The number of ether oxygens (including phenoxy) is 3. The van der Waals surface area contributed by atoms with Crippen LogP contribution in [0.1, 0.15) is 11.1 Å². The molecule has 4 atom stereocenters. The summed E-state index contributed by atoms with van der Waals surface area (Å²) in [7, 11) is -6.16. The van der Waals surface area contributed by atoms with Crippen LogP contribution < -0.4 is 0 Å². The number of hydrogen-bond acceptors (Lipinski definition) is 8. The van der Waals surface area contributed by atoms with E-state index in [0.29, 0.717) is 5.56 Å². The Morgan fingerprint density at radius 1 is 1.03 bits per heavy atom. The molecule has 0 aliphatic carbocycles. The second-order valence-corrected chi connectivity index (χ2v) is 8.92. The standard InChI is InChI=1S/C21H20F3N3O7S/c22-21(23,24)35(29,30)34-19-18(32-12-15-9-5-2-6-10-15)17(33-20(19)28)16(26-27-25)13-31-11-14-7-3-1-4-8-14/h1-10,16-19H,11-13H2/t16-,17-,18+,19-/m1/s1. The second-order valence-electron chi connectivity index (χ2n) is 7.35. The lowest BCUT2D eigenvalue weighted by Gasteiger charge is -2.25. The molecule has 0 radical (unpaired) electrons. The van der Waals surface area contributed by atoms with E-state index >= 15 is 0 Å². The second kappa shape index (κ2) is 11.5. The van der Waals surface area contributed by atoms with Crippen molar-refractivity contribution in [1.29, 1.82) is 0 Å². The van der Waals surface area contributed by atoms with E-state index in [-0.39, 0.29) is 19.8 Å². The van der Waals surface area contributed by atoms with Crippen molar-refractivity contribution in [2.45, 2.75) is 43.1 Å². The molecule has 14 heteroatoms. The molecular formula is C21H20F3N3O7S. The maximum atomic E-state index is 12.9. The van der Waals surface area contributed by atoms with Crippen molar-refractivity contribution in [3.63, 3.8) is 0 Å². The van der Waals surface area contributed by atoms with E-state index in [0.717, 1.165) is 5.56 Å². The van der Waals surface area contributed by atoms with E-state index < -0.39 is 45.9 Å². The molecule has 2 aromatic carbocycles. The van der Waals surface area contributed by atoms with Crippen LogP contribution >= 0.6 is 0 Å². The Labute approximate surface area is 198 Å². The Balaban J connectivity index is 1.82. The summed E-state index contributed by atoms with van der Waals surface area (Å²) in [4.78, 5) is 15.1. The van der Waals surface area contributed by atoms with E-state index in [1.165, 1.54) is 0 Å². The van der Waals surface area contributed by atoms with Gasteiger partial charge in [-0.25, -0.2) is 8.98 Å². The molecule has 188 valence electrons. The van der Waals surface area contributed by atoms with Crippen LogP contribution in [0, 0.1) is 0 Å². The quantitative estimate of drug-likeness (QED) is 0.111. The van der Waals surface area contributed by atoms with Crippen molar-refractivity contribution in [3.8, 4) is 0 Å². The van der Waals surface area contributed by atoms with Gasteiger partial charge in [0.05, 0.1) is 19.8 Å². The molecule has 0 N–H and O–H groups in total. The molecule has 35 heavy (non-hydrogen) atoms. The van der Waals surface area contributed by atoms with Gasteiger partial charge in [0.2, 0.25) is 6.10 Å². The molecule has 0 aromatic heterocycles. The number of carbonyl (C=O) groups is 1. The van der Waals surface area contributed by atoms with Crippen molar-refractivity contribution >= 4 is 16.1 Å². The van der Waals surface area contributed by atoms with E-state index in [4.69, 9.17) is 19.7 Å². The number of esters is 1. The minimum absolute atomic E-state index is 0.0941. The number of cyclic esters (lactones) is 1. The molecule has 0 amide bonds. The summed E-state index contributed by atoms with van der Waals surface area (Å²) >= 11 is 0. The monoisotopic (exact) mass is 515 g/mol. The Hall–Kier alpha value is -3.16. The van der Waals surface area contributed by atoms with Gasteiger partial charge in [-0.3, -0.25) is 0 Å². The van der Waals surface area contributed by atoms with Gasteiger partial charge >= 0.3 is 21.6 Å². The molecule has 0 spiro atoms. The third-order valence-corrected chi connectivity index (χ3v) is 5.91. The summed E-state index contributed by atoms with van der Waals surface area (Å²) in [5.74, 6) is -1.41. The summed E-state index contributed by atoms with van der Waals surface area (Å²) in [6, 6.07) is 16.0. The molecule has 1 aliphatic rings. The molecule has 10 nitrogen and oxygen atoms in total. The highest BCUT2D eigenvalue weighted by molar-refractivity contribution is 7.87. The average molecular weight is 515 g/mol. The van der Waals surface area contributed by atoms with Crippen LogP contribution in [0.5, 0.6) is 0 Å². The topological polar surface area (TPSA) is 137 Å². The number of hydrogen-bond donors (Lipinski definition) is 0. The Morgan fingerprint density at radius 2 is 1.60 bits per heavy atom. The lowest BCUT2D eigenvalue weighted by atomic mass is 10.0. The number of benzene rings is 2. The average Bonchev–Trinajstić information content (AvgIpc) is 3.12. The van der Waals surface area contributed by atoms with Crippen LogP contribution in [-0.4, -0.2) is 50.9 Å². The van der Waals surface area contributed by atoms with Crippen molar-refractivity contribution in [2.75, 3.05) is 6.61 Å². The van der Waals surface area contributed by atoms with Gasteiger partial charge in [0, 0.05) is 4.91 Å². The zero-order valence-corrected chi connectivity index (χ0v) is 18.8. The largest absolute Gasteiger partial charge is 0.523 e. The molecule has 2 aromatic rings. The summed E-state index contributed by atoms with van der Waals surface area (Å²) in [5, 5.41) is 3.53. The van der Waals surface area contributed by atoms with E-state index in [1.54, 1.807) is 60.7 Å². The normalized spacial score (nSPS) is 21.2. The fourth-order valence-electron chi connectivity index (χ4n) is 3.24. The zero-order chi connectivity index (χ0) is 25.5. The molecule has 1 heterocycles. The summed E-state index contributed by atoms with van der Waals surface area (Å²) < 4.78 is 82.3. The van der Waals surface area contributed by atoms with Crippen molar-refractivity contribution < 1.29 is 44.8 Å². The Morgan fingerprint density at radius 3 is 2.14 bits per heavy atom. The number of halogens is 3. The van der Waals surface area contributed by atoms with Crippen LogP contribution in [0.4, 0.5) is 13.2 Å². The Kier molecular flexibility index (Phi) is 8.70. The zero-order valence-electron chi connectivity index (χ0n) is 17.9. The van der Waals surface area contributed by atoms with Gasteiger partial charge < -0.3 is 14.2 Å². The number of azide groups is 1. The summed E-state index contributed by atoms with van der Waals surface area (Å²) in [6.07, 6.45) is -5.41. The maximum Gasteiger partial charge on any atom is 0.523 e. The number of carbonyl (C=O) groups excluding carboxylic acids is 1. The predicted octanol–water partition coefficient (Wildman–Crippen LogP) is 3.63. The summed E-state index contributed by atoms with van der Waals surface area (Å²) in [5.41, 5.74) is 4.55.